The molecule has 0 fully saturated rings. The quantitative estimate of drug-likeness (QED) is 0.495. The third-order valence-electron chi connectivity index (χ3n) is 1.57. The number of aliphatic carboxylic acids is 1. The van der Waals surface area contributed by atoms with E-state index in [4.69, 9.17) is 14.9 Å². The lowest BCUT2D eigenvalue weighted by Gasteiger charge is -2.17. The molecular weight excluding hydrogens is 188 g/mol. The van der Waals surface area contributed by atoms with Crippen LogP contribution in [0.3, 0.4) is 0 Å². The van der Waals surface area contributed by atoms with Crippen LogP contribution in [0.15, 0.2) is 12.2 Å². The lowest BCUT2D eigenvalue weighted by molar-refractivity contribution is -0.148. The predicted molar refractivity (Wildman–Crippen MR) is 48.6 cm³/mol. The zero-order chi connectivity index (χ0) is 11.1. The number of esters is 1. The number of hydrogen-bond donors (Lipinski definition) is 2. The maximum absolute atomic E-state index is 10.9. The van der Waals surface area contributed by atoms with E-state index in [0.717, 1.165) is 6.08 Å². The van der Waals surface area contributed by atoms with Gasteiger partial charge in [-0.25, -0.2) is 9.59 Å². The van der Waals surface area contributed by atoms with Gasteiger partial charge in [0.2, 0.25) is 0 Å². The first kappa shape index (κ1) is 12.6. The van der Waals surface area contributed by atoms with Crippen molar-refractivity contribution in [3.8, 4) is 0 Å². The lowest BCUT2D eigenvalue weighted by Crippen LogP contribution is -2.27. The Balaban J connectivity index is 4.10. The van der Waals surface area contributed by atoms with Crippen molar-refractivity contribution < 1.29 is 24.5 Å². The Kier molecular flexibility index (Phi) is 5.55. The summed E-state index contributed by atoms with van der Waals surface area (Å²) in [6, 6.07) is 0. The third kappa shape index (κ3) is 5.31. The van der Waals surface area contributed by atoms with Gasteiger partial charge in [-0.1, -0.05) is 6.92 Å². The molecule has 2 N–H and O–H groups in total. The molecule has 5 nitrogen and oxygen atoms in total. The summed E-state index contributed by atoms with van der Waals surface area (Å²) in [6.45, 7) is 3.26. The maximum Gasteiger partial charge on any atom is 0.331 e. The van der Waals surface area contributed by atoms with Crippen LogP contribution in [0.5, 0.6) is 0 Å². The van der Waals surface area contributed by atoms with Gasteiger partial charge in [0.05, 0.1) is 6.10 Å². The summed E-state index contributed by atoms with van der Waals surface area (Å²) in [5, 5.41) is 17.3. The summed E-state index contributed by atoms with van der Waals surface area (Å²) in [4.78, 5) is 21.0. The van der Waals surface area contributed by atoms with Crippen LogP contribution >= 0.6 is 0 Å². The summed E-state index contributed by atoms with van der Waals surface area (Å²) in [5.74, 6) is -1.98. The van der Waals surface area contributed by atoms with Gasteiger partial charge in [-0.2, -0.15) is 0 Å². The third-order valence-corrected chi connectivity index (χ3v) is 1.57. The molecule has 0 aliphatic heterocycles. The van der Waals surface area contributed by atoms with E-state index in [1.807, 2.05) is 0 Å². The number of rotatable bonds is 5. The van der Waals surface area contributed by atoms with Crippen LogP contribution < -0.4 is 0 Å². The summed E-state index contributed by atoms with van der Waals surface area (Å²) in [7, 11) is 0. The Labute approximate surface area is 82.0 Å². The zero-order valence-electron chi connectivity index (χ0n) is 8.14. The normalized spacial score (nSPS) is 15.1. The average molecular weight is 202 g/mol. The van der Waals surface area contributed by atoms with Crippen molar-refractivity contribution in [3.63, 3.8) is 0 Å². The van der Waals surface area contributed by atoms with Gasteiger partial charge in [-0.15, -0.1) is 0 Å². The van der Waals surface area contributed by atoms with Crippen molar-refractivity contribution >= 4 is 11.9 Å². The highest BCUT2D eigenvalue weighted by atomic mass is 16.6. The number of carbonyl (C=O) groups excluding carboxylic acids is 1. The number of carboxylic acids is 1. The van der Waals surface area contributed by atoms with Crippen molar-refractivity contribution in [1.29, 1.82) is 0 Å². The summed E-state index contributed by atoms with van der Waals surface area (Å²) >= 11 is 0. The van der Waals surface area contributed by atoms with Gasteiger partial charge < -0.3 is 14.9 Å². The first-order valence-corrected chi connectivity index (χ1v) is 4.27. The largest absolute Gasteiger partial charge is 0.478 e. The van der Waals surface area contributed by atoms with E-state index in [-0.39, 0.29) is 0 Å². The van der Waals surface area contributed by atoms with E-state index in [0.29, 0.717) is 12.5 Å². The van der Waals surface area contributed by atoms with Crippen LogP contribution in [0.1, 0.15) is 20.3 Å². The van der Waals surface area contributed by atoms with Crippen LogP contribution in [0.2, 0.25) is 0 Å². The highest BCUT2D eigenvalue weighted by Crippen LogP contribution is 2.04. The molecule has 0 aromatic carbocycles. The molecule has 0 saturated heterocycles. The fraction of sp³-hybridized carbons (Fsp3) is 0.556. The minimum absolute atomic E-state index is 0.477. The molecule has 0 spiro atoms. The molecule has 2 unspecified atom stereocenters. The second-order valence-corrected chi connectivity index (χ2v) is 2.80. The number of ether oxygens (including phenoxy) is 1. The van der Waals surface area contributed by atoms with E-state index < -0.39 is 24.1 Å². The van der Waals surface area contributed by atoms with Crippen molar-refractivity contribution in [2.45, 2.75) is 32.5 Å². The van der Waals surface area contributed by atoms with E-state index in [1.165, 1.54) is 6.92 Å². The molecule has 0 aromatic rings. The topological polar surface area (TPSA) is 83.8 Å². The smallest absolute Gasteiger partial charge is 0.331 e. The van der Waals surface area contributed by atoms with Crippen molar-refractivity contribution in [2.75, 3.05) is 0 Å². The van der Waals surface area contributed by atoms with Gasteiger partial charge in [-0.05, 0) is 13.3 Å². The Morgan fingerprint density at radius 2 is 2.00 bits per heavy atom. The van der Waals surface area contributed by atoms with Gasteiger partial charge >= 0.3 is 11.9 Å². The van der Waals surface area contributed by atoms with Crippen LogP contribution in [-0.2, 0) is 14.3 Å². The molecule has 5 heteroatoms. The number of aliphatic hydroxyl groups excluding tert-OH is 1. The van der Waals surface area contributed by atoms with Crippen LogP contribution in [0, 0.1) is 0 Å². The van der Waals surface area contributed by atoms with Crippen molar-refractivity contribution in [3.05, 3.63) is 12.2 Å². The molecule has 0 amide bonds. The van der Waals surface area contributed by atoms with Crippen LogP contribution in [0.4, 0.5) is 0 Å². The summed E-state index contributed by atoms with van der Waals surface area (Å²) < 4.78 is 4.77. The van der Waals surface area contributed by atoms with Crippen LogP contribution in [0.25, 0.3) is 0 Å². The van der Waals surface area contributed by atoms with Gasteiger partial charge in [0, 0.05) is 12.2 Å². The van der Waals surface area contributed by atoms with E-state index in [1.54, 1.807) is 6.92 Å². The van der Waals surface area contributed by atoms with Crippen LogP contribution in [-0.4, -0.2) is 34.4 Å². The highest BCUT2D eigenvalue weighted by molar-refractivity contribution is 5.90. The van der Waals surface area contributed by atoms with Crippen molar-refractivity contribution in [2.24, 2.45) is 0 Å². The van der Waals surface area contributed by atoms with E-state index >= 15 is 0 Å². The van der Waals surface area contributed by atoms with Gasteiger partial charge in [0.1, 0.15) is 6.10 Å². The number of aliphatic hydroxyl groups is 1. The molecule has 0 rings (SSSR count). The molecule has 0 radical (unpaired) electrons. The molecule has 14 heavy (non-hydrogen) atoms. The minimum atomic E-state index is -1.22. The predicted octanol–water partition coefficient (Wildman–Crippen LogP) is 0.330. The second-order valence-electron chi connectivity index (χ2n) is 2.80. The fourth-order valence-corrected chi connectivity index (χ4v) is 0.851. The van der Waals surface area contributed by atoms with Gasteiger partial charge in [0.25, 0.3) is 0 Å². The molecule has 2 atom stereocenters. The summed E-state index contributed by atoms with van der Waals surface area (Å²) in [5.41, 5.74) is 0. The van der Waals surface area contributed by atoms with Gasteiger partial charge in [0.15, 0.2) is 0 Å². The SMILES string of the molecule is CCC(OC(=O)/C=C\C(=O)O)C(C)O. The second kappa shape index (κ2) is 6.15. The average Bonchev–Trinajstić information content (AvgIpc) is 2.10. The Morgan fingerprint density at radius 1 is 1.43 bits per heavy atom. The molecule has 0 aromatic heterocycles. The first-order chi connectivity index (χ1) is 6.47. The Bertz CT molecular complexity index is 231. The molecule has 0 aliphatic carbocycles. The standard InChI is InChI=1S/C9H14O5/c1-3-7(6(2)10)14-9(13)5-4-8(11)12/h4-7,10H,3H2,1-2H3,(H,11,12)/b5-4-. The minimum Gasteiger partial charge on any atom is -0.478 e. The zero-order valence-corrected chi connectivity index (χ0v) is 8.14. The molecular formula is C9H14O5. The van der Waals surface area contributed by atoms with Crippen molar-refractivity contribution in [1.82, 2.24) is 0 Å². The lowest BCUT2D eigenvalue weighted by atomic mass is 10.2. The first-order valence-electron chi connectivity index (χ1n) is 4.27. The van der Waals surface area contributed by atoms with Gasteiger partial charge in [-0.3, -0.25) is 0 Å². The molecule has 0 aliphatic rings. The molecule has 80 valence electrons. The fourth-order valence-electron chi connectivity index (χ4n) is 0.851. The number of carbonyl (C=O) groups is 2. The molecule has 0 heterocycles. The highest BCUT2D eigenvalue weighted by Gasteiger charge is 2.16. The summed E-state index contributed by atoms with van der Waals surface area (Å²) in [6.07, 6.45) is 0.623. The van der Waals surface area contributed by atoms with E-state index in [2.05, 4.69) is 0 Å². The van der Waals surface area contributed by atoms with E-state index in [9.17, 15) is 9.59 Å². The monoisotopic (exact) mass is 202 g/mol. The molecule has 0 saturated carbocycles. The molecule has 0 bridgehead atoms. The Hall–Kier alpha value is -1.36. The number of carboxylic acid groups (broad SMARTS) is 1. The maximum atomic E-state index is 10.9. The number of hydrogen-bond acceptors (Lipinski definition) is 4. The Morgan fingerprint density at radius 3 is 2.36 bits per heavy atom.